The van der Waals surface area contributed by atoms with E-state index in [9.17, 15) is 9.59 Å². The molecule has 0 fully saturated rings. The molecule has 0 atom stereocenters. The first-order valence-corrected chi connectivity index (χ1v) is 7.03. The Morgan fingerprint density at radius 1 is 1.09 bits per heavy atom. The Hall–Kier alpha value is -3.08. The molecule has 0 aromatic heterocycles. The van der Waals surface area contributed by atoms with E-state index < -0.39 is 0 Å². The highest BCUT2D eigenvalue weighted by Crippen LogP contribution is 2.32. The van der Waals surface area contributed by atoms with Gasteiger partial charge in [0.05, 0.1) is 25.4 Å². The maximum atomic E-state index is 12.6. The van der Waals surface area contributed by atoms with E-state index >= 15 is 0 Å². The van der Waals surface area contributed by atoms with Gasteiger partial charge in [-0.25, -0.2) is 0 Å². The van der Waals surface area contributed by atoms with Crippen molar-refractivity contribution in [3.63, 3.8) is 0 Å². The zero-order valence-corrected chi connectivity index (χ0v) is 12.8. The molecule has 1 N–H and O–H groups in total. The molecule has 2 aromatic rings. The van der Waals surface area contributed by atoms with Crippen LogP contribution in [0.25, 0.3) is 5.57 Å². The van der Waals surface area contributed by atoms with E-state index in [0.29, 0.717) is 28.3 Å². The number of nitrogens with one attached hydrogen (secondary N) is 1. The Bertz CT molecular complexity index is 824. The van der Waals surface area contributed by atoms with E-state index in [-0.39, 0.29) is 11.7 Å². The van der Waals surface area contributed by atoms with Gasteiger partial charge in [-0.1, -0.05) is 18.2 Å². The monoisotopic (exact) mass is 309 g/mol. The molecule has 0 unspecified atom stereocenters. The van der Waals surface area contributed by atoms with Gasteiger partial charge < -0.3 is 14.8 Å². The van der Waals surface area contributed by atoms with Crippen molar-refractivity contribution >= 4 is 23.0 Å². The fourth-order valence-corrected chi connectivity index (χ4v) is 2.49. The third-order valence-corrected chi connectivity index (χ3v) is 3.66. The Morgan fingerprint density at radius 3 is 2.61 bits per heavy atom. The minimum Gasteiger partial charge on any atom is -0.497 e. The molecular formula is C18H15NO4. The largest absolute Gasteiger partial charge is 0.497 e. The number of allylic oxidation sites excluding steroid dienone is 1. The molecule has 1 aliphatic rings. The van der Waals surface area contributed by atoms with Crippen molar-refractivity contribution in [1.29, 1.82) is 0 Å². The number of anilines is 1. The van der Waals surface area contributed by atoms with E-state index in [4.69, 9.17) is 9.47 Å². The van der Waals surface area contributed by atoms with Crippen molar-refractivity contribution in [2.45, 2.75) is 0 Å². The first-order valence-electron chi connectivity index (χ1n) is 7.03. The summed E-state index contributed by atoms with van der Waals surface area (Å²) in [6.07, 6.45) is 1.34. The molecule has 0 spiro atoms. The molecular weight excluding hydrogens is 294 g/mol. The van der Waals surface area contributed by atoms with Gasteiger partial charge >= 0.3 is 0 Å². The van der Waals surface area contributed by atoms with Crippen LogP contribution in [-0.2, 0) is 4.79 Å². The van der Waals surface area contributed by atoms with Crippen molar-refractivity contribution in [1.82, 2.24) is 0 Å². The summed E-state index contributed by atoms with van der Waals surface area (Å²) >= 11 is 0. The summed E-state index contributed by atoms with van der Waals surface area (Å²) in [6.45, 7) is 0. The van der Waals surface area contributed by atoms with Crippen LogP contribution in [0.2, 0.25) is 0 Å². The van der Waals surface area contributed by atoms with Crippen molar-refractivity contribution in [3.8, 4) is 11.5 Å². The minimum atomic E-state index is -0.300. The van der Waals surface area contributed by atoms with E-state index in [1.165, 1.54) is 20.3 Å². The zero-order valence-electron chi connectivity index (χ0n) is 12.8. The number of hydrogen-bond donors (Lipinski definition) is 1. The maximum absolute atomic E-state index is 12.6. The lowest BCUT2D eigenvalue weighted by Crippen LogP contribution is -2.06. The van der Waals surface area contributed by atoms with Crippen molar-refractivity contribution in [2.75, 3.05) is 19.5 Å². The Morgan fingerprint density at radius 2 is 1.87 bits per heavy atom. The van der Waals surface area contributed by atoms with Crippen molar-refractivity contribution < 1.29 is 19.1 Å². The highest BCUT2D eigenvalue weighted by Gasteiger charge is 2.25. The SMILES string of the molecule is COc1ccc(C(=O)C=C2C(=O)Nc3ccccc32)c(OC)c1. The molecule has 0 saturated carbocycles. The normalized spacial score (nSPS) is 14.3. The molecule has 0 saturated heterocycles. The van der Waals surface area contributed by atoms with Crippen LogP contribution in [0.1, 0.15) is 15.9 Å². The number of benzene rings is 2. The molecule has 1 amide bonds. The number of carbonyl (C=O) groups excluding carboxylic acids is 2. The second kappa shape index (κ2) is 5.96. The second-order valence-electron chi connectivity index (χ2n) is 4.99. The minimum absolute atomic E-state index is 0.285. The summed E-state index contributed by atoms with van der Waals surface area (Å²) < 4.78 is 10.4. The molecule has 1 aliphatic heterocycles. The lowest BCUT2D eigenvalue weighted by atomic mass is 10.0. The van der Waals surface area contributed by atoms with E-state index in [1.807, 2.05) is 12.1 Å². The molecule has 0 bridgehead atoms. The molecule has 5 heteroatoms. The number of para-hydroxylation sites is 1. The maximum Gasteiger partial charge on any atom is 0.256 e. The number of ketones is 1. The summed E-state index contributed by atoms with van der Waals surface area (Å²) in [5.74, 6) is 0.409. The smallest absolute Gasteiger partial charge is 0.256 e. The number of amides is 1. The van der Waals surface area contributed by atoms with Gasteiger partial charge in [-0.15, -0.1) is 0 Å². The summed E-state index contributed by atoms with van der Waals surface area (Å²) in [6, 6.07) is 12.2. The highest BCUT2D eigenvalue weighted by atomic mass is 16.5. The fourth-order valence-electron chi connectivity index (χ4n) is 2.49. The van der Waals surface area contributed by atoms with Crippen LogP contribution in [0, 0.1) is 0 Å². The molecule has 0 aliphatic carbocycles. The summed E-state index contributed by atoms with van der Waals surface area (Å²) in [5, 5.41) is 2.74. The summed E-state index contributed by atoms with van der Waals surface area (Å²) in [5.41, 5.74) is 2.15. The van der Waals surface area contributed by atoms with Gasteiger partial charge in [-0.3, -0.25) is 9.59 Å². The van der Waals surface area contributed by atoms with Crippen LogP contribution < -0.4 is 14.8 Å². The van der Waals surface area contributed by atoms with Crippen LogP contribution in [0.15, 0.2) is 48.5 Å². The third-order valence-electron chi connectivity index (χ3n) is 3.66. The molecule has 23 heavy (non-hydrogen) atoms. The van der Waals surface area contributed by atoms with Gasteiger partial charge in [0.2, 0.25) is 0 Å². The average molecular weight is 309 g/mol. The highest BCUT2D eigenvalue weighted by molar-refractivity contribution is 6.35. The van der Waals surface area contributed by atoms with Gasteiger partial charge in [0.1, 0.15) is 11.5 Å². The number of ether oxygens (including phenoxy) is 2. The zero-order chi connectivity index (χ0) is 16.4. The number of fused-ring (bicyclic) bond motifs is 1. The van der Waals surface area contributed by atoms with Crippen LogP contribution in [0.5, 0.6) is 11.5 Å². The summed E-state index contributed by atoms with van der Waals surface area (Å²) in [4.78, 5) is 24.6. The quantitative estimate of drug-likeness (QED) is 0.696. The van der Waals surface area contributed by atoms with Crippen molar-refractivity contribution in [3.05, 3.63) is 59.7 Å². The van der Waals surface area contributed by atoms with E-state index in [0.717, 1.165) is 5.56 Å². The number of hydrogen-bond acceptors (Lipinski definition) is 4. The van der Waals surface area contributed by atoms with Gasteiger partial charge in [0, 0.05) is 17.3 Å². The first-order chi connectivity index (χ1) is 11.1. The van der Waals surface area contributed by atoms with Gasteiger partial charge in [0.15, 0.2) is 5.78 Å². The van der Waals surface area contributed by atoms with E-state index in [1.54, 1.807) is 30.3 Å². The predicted molar refractivity (Wildman–Crippen MR) is 86.9 cm³/mol. The standard InChI is InChI=1S/C18H15NO4/c1-22-11-7-8-13(17(9-11)23-2)16(20)10-14-12-5-3-4-6-15(12)19-18(14)21/h3-10H,1-2H3,(H,19,21). The molecule has 5 nitrogen and oxygen atoms in total. The van der Waals surface area contributed by atoms with Crippen LogP contribution in [-0.4, -0.2) is 25.9 Å². The molecule has 116 valence electrons. The molecule has 3 rings (SSSR count). The van der Waals surface area contributed by atoms with Gasteiger partial charge in [0.25, 0.3) is 5.91 Å². The topological polar surface area (TPSA) is 64.6 Å². The Labute approximate surface area is 133 Å². The van der Waals surface area contributed by atoms with Gasteiger partial charge in [-0.2, -0.15) is 0 Å². The van der Waals surface area contributed by atoms with Crippen molar-refractivity contribution in [2.24, 2.45) is 0 Å². The predicted octanol–water partition coefficient (Wildman–Crippen LogP) is 2.92. The first kappa shape index (κ1) is 14.8. The average Bonchev–Trinajstić information content (AvgIpc) is 2.89. The number of methoxy groups -OCH3 is 2. The van der Waals surface area contributed by atoms with Crippen LogP contribution >= 0.6 is 0 Å². The van der Waals surface area contributed by atoms with Crippen LogP contribution in [0.3, 0.4) is 0 Å². The number of carbonyl (C=O) groups is 2. The molecule has 1 heterocycles. The van der Waals surface area contributed by atoms with Gasteiger partial charge in [-0.05, 0) is 24.3 Å². The van der Waals surface area contributed by atoms with Crippen LogP contribution in [0.4, 0.5) is 5.69 Å². The lowest BCUT2D eigenvalue weighted by molar-refractivity contribution is -0.110. The summed E-state index contributed by atoms with van der Waals surface area (Å²) in [7, 11) is 3.02. The Balaban J connectivity index is 2.00. The molecule has 2 aromatic carbocycles. The third kappa shape index (κ3) is 2.68. The Kier molecular flexibility index (Phi) is 3.85. The second-order valence-corrected chi connectivity index (χ2v) is 4.99. The lowest BCUT2D eigenvalue weighted by Gasteiger charge is -2.08. The molecule has 0 radical (unpaired) electrons. The van der Waals surface area contributed by atoms with E-state index in [2.05, 4.69) is 5.32 Å². The number of rotatable bonds is 4. The fraction of sp³-hybridized carbons (Fsp3) is 0.111.